The van der Waals surface area contributed by atoms with Gasteiger partial charge in [-0.3, -0.25) is 9.69 Å². The van der Waals surface area contributed by atoms with Crippen LogP contribution in [-0.2, 0) is 4.74 Å². The quantitative estimate of drug-likeness (QED) is 0.749. The monoisotopic (exact) mass is 280 g/mol. The number of hydrogen-bond acceptors (Lipinski definition) is 6. The third kappa shape index (κ3) is 3.64. The van der Waals surface area contributed by atoms with Crippen molar-refractivity contribution in [3.63, 3.8) is 0 Å². The van der Waals surface area contributed by atoms with Crippen molar-refractivity contribution < 1.29 is 14.3 Å². The minimum absolute atomic E-state index is 0.0287. The van der Waals surface area contributed by atoms with Gasteiger partial charge in [0.05, 0.1) is 19.3 Å². The third-order valence-electron chi connectivity index (χ3n) is 3.33. The lowest BCUT2D eigenvalue weighted by Crippen LogP contribution is -2.49. The van der Waals surface area contributed by atoms with Gasteiger partial charge in [-0.1, -0.05) is 0 Å². The Morgan fingerprint density at radius 2 is 1.85 bits per heavy atom. The van der Waals surface area contributed by atoms with Gasteiger partial charge in [-0.25, -0.2) is 9.97 Å². The zero-order chi connectivity index (χ0) is 14.4. The molecule has 1 saturated heterocycles. The van der Waals surface area contributed by atoms with Gasteiger partial charge in [-0.05, 0) is 0 Å². The summed E-state index contributed by atoms with van der Waals surface area (Å²) >= 11 is 0. The molecule has 0 atom stereocenters. The molecular weight excluding hydrogens is 260 g/mol. The first kappa shape index (κ1) is 14.7. The standard InChI is InChI=1S/C13H20N4O3/c1-19-8-7-16-3-5-17(6-4-16)12(18)11-9-14-13(20-2)15-10-11/h9-10H,3-8H2,1-2H3. The van der Waals surface area contributed by atoms with Gasteiger partial charge in [0.1, 0.15) is 0 Å². The van der Waals surface area contributed by atoms with Crippen molar-refractivity contribution in [2.45, 2.75) is 0 Å². The molecule has 20 heavy (non-hydrogen) atoms. The molecule has 0 bridgehead atoms. The molecule has 0 aliphatic carbocycles. The second-order valence-electron chi connectivity index (χ2n) is 4.59. The summed E-state index contributed by atoms with van der Waals surface area (Å²) in [6.45, 7) is 4.80. The molecule has 110 valence electrons. The van der Waals surface area contributed by atoms with Crippen LogP contribution in [0.4, 0.5) is 0 Å². The van der Waals surface area contributed by atoms with Crippen molar-refractivity contribution in [2.75, 3.05) is 53.6 Å². The van der Waals surface area contributed by atoms with E-state index in [0.29, 0.717) is 18.7 Å². The first-order valence-electron chi connectivity index (χ1n) is 6.61. The van der Waals surface area contributed by atoms with Crippen LogP contribution >= 0.6 is 0 Å². The molecule has 1 aliphatic rings. The number of carbonyl (C=O) groups excluding carboxylic acids is 1. The average Bonchev–Trinajstić information content (AvgIpc) is 2.53. The van der Waals surface area contributed by atoms with E-state index >= 15 is 0 Å². The maximum absolute atomic E-state index is 12.3. The Morgan fingerprint density at radius 3 is 2.40 bits per heavy atom. The molecule has 2 heterocycles. The van der Waals surface area contributed by atoms with Crippen molar-refractivity contribution in [3.05, 3.63) is 18.0 Å². The van der Waals surface area contributed by atoms with Crippen molar-refractivity contribution in [3.8, 4) is 6.01 Å². The van der Waals surface area contributed by atoms with Gasteiger partial charge in [0, 0.05) is 52.2 Å². The van der Waals surface area contributed by atoms with Crippen LogP contribution in [0.3, 0.4) is 0 Å². The van der Waals surface area contributed by atoms with Crippen LogP contribution in [0, 0.1) is 0 Å². The number of carbonyl (C=O) groups is 1. The first-order chi connectivity index (χ1) is 9.74. The molecule has 1 aliphatic heterocycles. The average molecular weight is 280 g/mol. The fraction of sp³-hybridized carbons (Fsp3) is 0.615. The Bertz CT molecular complexity index is 430. The number of ether oxygens (including phenoxy) is 2. The van der Waals surface area contributed by atoms with Crippen molar-refractivity contribution >= 4 is 5.91 Å². The van der Waals surface area contributed by atoms with Crippen LogP contribution in [-0.4, -0.2) is 79.2 Å². The Kier molecular flexibility index (Phi) is 5.25. The van der Waals surface area contributed by atoms with E-state index < -0.39 is 0 Å². The van der Waals surface area contributed by atoms with Gasteiger partial charge in [0.2, 0.25) is 0 Å². The highest BCUT2D eigenvalue weighted by Gasteiger charge is 2.22. The van der Waals surface area contributed by atoms with Crippen LogP contribution < -0.4 is 4.74 Å². The summed E-state index contributed by atoms with van der Waals surface area (Å²) in [6.07, 6.45) is 3.01. The lowest BCUT2D eigenvalue weighted by molar-refractivity contribution is 0.0593. The number of amides is 1. The zero-order valence-electron chi connectivity index (χ0n) is 11.9. The molecule has 0 N–H and O–H groups in total. The van der Waals surface area contributed by atoms with Gasteiger partial charge >= 0.3 is 6.01 Å². The minimum Gasteiger partial charge on any atom is -0.467 e. The van der Waals surface area contributed by atoms with Crippen molar-refractivity contribution in [1.82, 2.24) is 19.8 Å². The highest BCUT2D eigenvalue weighted by Crippen LogP contribution is 2.09. The number of methoxy groups -OCH3 is 2. The van der Waals surface area contributed by atoms with E-state index in [4.69, 9.17) is 9.47 Å². The van der Waals surface area contributed by atoms with Gasteiger partial charge in [0.15, 0.2) is 0 Å². The first-order valence-corrected chi connectivity index (χ1v) is 6.61. The molecule has 1 aromatic heterocycles. The van der Waals surface area contributed by atoms with E-state index in [-0.39, 0.29) is 11.9 Å². The third-order valence-corrected chi connectivity index (χ3v) is 3.33. The van der Waals surface area contributed by atoms with E-state index in [1.165, 1.54) is 19.5 Å². The van der Waals surface area contributed by atoms with Crippen LogP contribution in [0.15, 0.2) is 12.4 Å². The predicted molar refractivity (Wildman–Crippen MR) is 72.8 cm³/mol. The van der Waals surface area contributed by atoms with Gasteiger partial charge < -0.3 is 14.4 Å². The summed E-state index contributed by atoms with van der Waals surface area (Å²) in [5.41, 5.74) is 0.496. The van der Waals surface area contributed by atoms with Gasteiger partial charge in [0.25, 0.3) is 5.91 Å². The number of aromatic nitrogens is 2. The number of piperazine rings is 1. The van der Waals surface area contributed by atoms with Gasteiger partial charge in [-0.2, -0.15) is 0 Å². The maximum atomic E-state index is 12.3. The summed E-state index contributed by atoms with van der Waals surface area (Å²) in [4.78, 5) is 24.3. The smallest absolute Gasteiger partial charge is 0.316 e. The Hall–Kier alpha value is -1.73. The molecule has 0 radical (unpaired) electrons. The van der Waals surface area contributed by atoms with E-state index in [1.54, 1.807) is 7.11 Å². The Morgan fingerprint density at radius 1 is 1.20 bits per heavy atom. The number of nitrogens with zero attached hydrogens (tertiary/aromatic N) is 4. The lowest BCUT2D eigenvalue weighted by atomic mass is 10.2. The number of hydrogen-bond donors (Lipinski definition) is 0. The summed E-state index contributed by atoms with van der Waals surface area (Å²) in [7, 11) is 3.19. The molecule has 1 fully saturated rings. The maximum Gasteiger partial charge on any atom is 0.316 e. The topological polar surface area (TPSA) is 67.8 Å². The van der Waals surface area contributed by atoms with E-state index in [2.05, 4.69) is 14.9 Å². The molecule has 7 nitrogen and oxygen atoms in total. The molecular formula is C13H20N4O3. The highest BCUT2D eigenvalue weighted by molar-refractivity contribution is 5.93. The second-order valence-corrected chi connectivity index (χ2v) is 4.59. The van der Waals surface area contributed by atoms with Crippen molar-refractivity contribution in [1.29, 1.82) is 0 Å². The molecule has 7 heteroatoms. The van der Waals surface area contributed by atoms with E-state index in [9.17, 15) is 4.79 Å². The summed E-state index contributed by atoms with van der Waals surface area (Å²) in [5.74, 6) is -0.0287. The largest absolute Gasteiger partial charge is 0.467 e. The second kappa shape index (κ2) is 7.16. The van der Waals surface area contributed by atoms with Crippen LogP contribution in [0.25, 0.3) is 0 Å². The SMILES string of the molecule is COCCN1CCN(C(=O)c2cnc(OC)nc2)CC1. The normalized spacial score (nSPS) is 16.2. The molecule has 0 saturated carbocycles. The molecule has 1 aromatic rings. The highest BCUT2D eigenvalue weighted by atomic mass is 16.5. The Labute approximate surface area is 118 Å². The molecule has 1 amide bonds. The fourth-order valence-corrected chi connectivity index (χ4v) is 2.11. The lowest BCUT2D eigenvalue weighted by Gasteiger charge is -2.34. The van der Waals surface area contributed by atoms with Crippen LogP contribution in [0.5, 0.6) is 6.01 Å². The van der Waals surface area contributed by atoms with Crippen molar-refractivity contribution in [2.24, 2.45) is 0 Å². The molecule has 0 unspecified atom stereocenters. The predicted octanol–water partition coefficient (Wildman–Crippen LogP) is -0.111. The van der Waals surface area contributed by atoms with Crippen LogP contribution in [0.2, 0.25) is 0 Å². The Balaban J connectivity index is 1.87. The summed E-state index contributed by atoms with van der Waals surface area (Å²) in [6, 6.07) is 0.269. The molecule has 0 aromatic carbocycles. The minimum atomic E-state index is -0.0287. The zero-order valence-corrected chi connectivity index (χ0v) is 11.9. The summed E-state index contributed by atoms with van der Waals surface area (Å²) in [5, 5.41) is 0. The number of rotatable bonds is 5. The van der Waals surface area contributed by atoms with Crippen LogP contribution in [0.1, 0.15) is 10.4 Å². The van der Waals surface area contributed by atoms with E-state index in [0.717, 1.165) is 26.2 Å². The molecule has 0 spiro atoms. The fourth-order valence-electron chi connectivity index (χ4n) is 2.11. The van der Waals surface area contributed by atoms with E-state index in [1.807, 2.05) is 4.90 Å². The summed E-state index contributed by atoms with van der Waals surface area (Å²) < 4.78 is 9.94. The van der Waals surface area contributed by atoms with Gasteiger partial charge in [-0.15, -0.1) is 0 Å². The molecule has 2 rings (SSSR count).